The van der Waals surface area contributed by atoms with Gasteiger partial charge in [0.05, 0.1) is 10.5 Å². The van der Waals surface area contributed by atoms with Crippen LogP contribution < -0.4 is 0 Å². The van der Waals surface area contributed by atoms with Gasteiger partial charge in [-0.1, -0.05) is 30.5 Å². The third-order valence-corrected chi connectivity index (χ3v) is 3.87. The molecule has 0 aromatic heterocycles. The van der Waals surface area contributed by atoms with E-state index >= 15 is 0 Å². The molecule has 1 saturated carbocycles. The number of nitro groups is 1. The quantitative estimate of drug-likeness (QED) is 0.364. The molecule has 0 spiro atoms. The van der Waals surface area contributed by atoms with Crippen molar-refractivity contribution in [1.29, 1.82) is 0 Å². The lowest BCUT2D eigenvalue weighted by atomic mass is 10.1. The van der Waals surface area contributed by atoms with Crippen molar-refractivity contribution in [2.45, 2.75) is 44.6 Å². The van der Waals surface area contributed by atoms with Gasteiger partial charge in [0, 0.05) is 6.07 Å². The van der Waals surface area contributed by atoms with Crippen LogP contribution in [0.25, 0.3) is 0 Å². The molecule has 1 aliphatic rings. The summed E-state index contributed by atoms with van der Waals surface area (Å²) >= 11 is 5.91. The maximum absolute atomic E-state index is 12.1. The molecule has 0 radical (unpaired) electrons. The van der Waals surface area contributed by atoms with Crippen molar-refractivity contribution in [3.05, 3.63) is 38.9 Å². The monoisotopic (exact) mass is 297 g/mol. The molecule has 0 atom stereocenters. The van der Waals surface area contributed by atoms with Gasteiger partial charge in [-0.25, -0.2) is 4.79 Å². The van der Waals surface area contributed by atoms with Gasteiger partial charge in [0.15, 0.2) is 0 Å². The average Bonchev–Trinajstić information content (AvgIpc) is 2.67. The number of halogens is 1. The van der Waals surface area contributed by atoms with Crippen LogP contribution in [0.4, 0.5) is 5.69 Å². The number of rotatable bonds is 3. The SMILES string of the molecule is O=C(OC1CCCCCC1)c1cccc([N+](=O)[O-])c1Cl. The normalized spacial score (nSPS) is 16.4. The first-order chi connectivity index (χ1) is 9.59. The summed E-state index contributed by atoms with van der Waals surface area (Å²) in [5, 5.41) is 10.6. The Morgan fingerprint density at radius 1 is 1.25 bits per heavy atom. The molecule has 0 amide bonds. The lowest BCUT2D eigenvalue weighted by molar-refractivity contribution is -0.384. The van der Waals surface area contributed by atoms with E-state index in [1.54, 1.807) is 0 Å². The van der Waals surface area contributed by atoms with Gasteiger partial charge < -0.3 is 4.74 Å². The third kappa shape index (κ3) is 3.48. The molecule has 108 valence electrons. The molecule has 0 unspecified atom stereocenters. The van der Waals surface area contributed by atoms with Crippen molar-refractivity contribution < 1.29 is 14.5 Å². The zero-order valence-corrected chi connectivity index (χ0v) is 11.8. The summed E-state index contributed by atoms with van der Waals surface area (Å²) in [5.41, 5.74) is -0.216. The Labute approximate surface area is 122 Å². The number of carbonyl (C=O) groups excluding carboxylic acids is 1. The zero-order chi connectivity index (χ0) is 14.5. The summed E-state index contributed by atoms with van der Waals surface area (Å²) in [5.74, 6) is -0.578. The van der Waals surface area contributed by atoms with Crippen LogP contribution in [-0.2, 0) is 4.74 Å². The molecule has 0 heterocycles. The summed E-state index contributed by atoms with van der Waals surface area (Å²) in [6.07, 6.45) is 5.98. The first-order valence-electron chi connectivity index (χ1n) is 6.73. The van der Waals surface area contributed by atoms with Gasteiger partial charge in [-0.2, -0.15) is 0 Å². The summed E-state index contributed by atoms with van der Waals surface area (Å²) in [6, 6.07) is 4.16. The Kier molecular flexibility index (Phi) is 4.95. The molecular weight excluding hydrogens is 282 g/mol. The van der Waals surface area contributed by atoms with Gasteiger partial charge >= 0.3 is 5.97 Å². The van der Waals surface area contributed by atoms with Crippen LogP contribution >= 0.6 is 11.6 Å². The van der Waals surface area contributed by atoms with E-state index in [1.807, 2.05) is 0 Å². The van der Waals surface area contributed by atoms with Crippen molar-refractivity contribution in [3.8, 4) is 0 Å². The Morgan fingerprint density at radius 3 is 2.50 bits per heavy atom. The van der Waals surface area contributed by atoms with E-state index in [9.17, 15) is 14.9 Å². The van der Waals surface area contributed by atoms with Crippen LogP contribution in [0.5, 0.6) is 0 Å². The molecule has 0 saturated heterocycles. The summed E-state index contributed by atoms with van der Waals surface area (Å²) in [6.45, 7) is 0. The molecule has 1 fully saturated rings. The number of nitro benzene ring substituents is 1. The second-order valence-corrected chi connectivity index (χ2v) is 5.29. The zero-order valence-electron chi connectivity index (χ0n) is 11.0. The first-order valence-corrected chi connectivity index (χ1v) is 7.11. The van der Waals surface area contributed by atoms with E-state index in [-0.39, 0.29) is 22.4 Å². The lowest BCUT2D eigenvalue weighted by Gasteiger charge is -2.15. The van der Waals surface area contributed by atoms with E-state index in [1.165, 1.54) is 18.2 Å². The van der Waals surface area contributed by atoms with Crippen molar-refractivity contribution in [2.24, 2.45) is 0 Å². The van der Waals surface area contributed by atoms with E-state index < -0.39 is 10.9 Å². The molecule has 1 aromatic carbocycles. The topological polar surface area (TPSA) is 69.4 Å². The Morgan fingerprint density at radius 2 is 1.90 bits per heavy atom. The third-order valence-electron chi connectivity index (χ3n) is 3.47. The highest BCUT2D eigenvalue weighted by molar-refractivity contribution is 6.35. The summed E-state index contributed by atoms with van der Waals surface area (Å²) < 4.78 is 5.43. The number of esters is 1. The molecule has 0 N–H and O–H groups in total. The van der Waals surface area contributed by atoms with E-state index in [0.29, 0.717) is 0 Å². The van der Waals surface area contributed by atoms with Gasteiger partial charge in [0.1, 0.15) is 11.1 Å². The highest BCUT2D eigenvalue weighted by Gasteiger charge is 2.23. The second kappa shape index (κ2) is 6.70. The fourth-order valence-electron chi connectivity index (χ4n) is 2.39. The smallest absolute Gasteiger partial charge is 0.340 e. The van der Waals surface area contributed by atoms with Crippen LogP contribution in [0, 0.1) is 10.1 Å². The molecular formula is C14H16ClNO4. The van der Waals surface area contributed by atoms with Crippen LogP contribution in [-0.4, -0.2) is 17.0 Å². The number of ether oxygens (including phenoxy) is 1. The van der Waals surface area contributed by atoms with Crippen LogP contribution in [0.2, 0.25) is 5.02 Å². The van der Waals surface area contributed by atoms with E-state index in [4.69, 9.17) is 16.3 Å². The van der Waals surface area contributed by atoms with Gasteiger partial charge in [-0.05, 0) is 31.7 Å². The molecule has 0 bridgehead atoms. The van der Waals surface area contributed by atoms with Crippen molar-refractivity contribution >= 4 is 23.3 Å². The standard InChI is InChI=1S/C14H16ClNO4/c15-13-11(8-5-9-12(13)16(18)19)14(17)20-10-6-3-1-2-4-7-10/h5,8-10H,1-4,6-7H2. The fourth-order valence-corrected chi connectivity index (χ4v) is 2.67. The minimum absolute atomic E-state index is 0.0603. The highest BCUT2D eigenvalue weighted by Crippen LogP contribution is 2.29. The number of hydrogen-bond acceptors (Lipinski definition) is 4. The number of carbonyl (C=O) groups is 1. The van der Waals surface area contributed by atoms with Gasteiger partial charge in [-0.15, -0.1) is 0 Å². The lowest BCUT2D eigenvalue weighted by Crippen LogP contribution is -2.18. The average molecular weight is 298 g/mol. The van der Waals surface area contributed by atoms with E-state index in [0.717, 1.165) is 38.5 Å². The number of benzene rings is 1. The largest absolute Gasteiger partial charge is 0.459 e. The summed E-state index contributed by atoms with van der Waals surface area (Å²) in [4.78, 5) is 22.3. The minimum Gasteiger partial charge on any atom is -0.459 e. The van der Waals surface area contributed by atoms with Crippen molar-refractivity contribution in [1.82, 2.24) is 0 Å². The van der Waals surface area contributed by atoms with Crippen LogP contribution in [0.3, 0.4) is 0 Å². The van der Waals surface area contributed by atoms with E-state index in [2.05, 4.69) is 0 Å². The fraction of sp³-hybridized carbons (Fsp3) is 0.500. The maximum atomic E-state index is 12.1. The van der Waals surface area contributed by atoms with Gasteiger partial charge in [-0.3, -0.25) is 10.1 Å². The molecule has 1 aromatic rings. The Hall–Kier alpha value is -1.62. The van der Waals surface area contributed by atoms with Crippen LogP contribution in [0.15, 0.2) is 18.2 Å². The molecule has 5 nitrogen and oxygen atoms in total. The molecule has 1 aliphatic carbocycles. The molecule has 20 heavy (non-hydrogen) atoms. The Balaban J connectivity index is 2.12. The first kappa shape index (κ1) is 14.8. The summed E-state index contributed by atoms with van der Waals surface area (Å²) in [7, 11) is 0. The minimum atomic E-state index is -0.606. The predicted molar refractivity (Wildman–Crippen MR) is 75.0 cm³/mol. The predicted octanol–water partition coefficient (Wildman–Crippen LogP) is 4.13. The van der Waals surface area contributed by atoms with Crippen molar-refractivity contribution in [2.75, 3.05) is 0 Å². The number of nitrogens with zero attached hydrogens (tertiary/aromatic N) is 1. The van der Waals surface area contributed by atoms with Crippen LogP contribution in [0.1, 0.15) is 48.9 Å². The maximum Gasteiger partial charge on any atom is 0.340 e. The van der Waals surface area contributed by atoms with Crippen molar-refractivity contribution in [3.63, 3.8) is 0 Å². The highest BCUT2D eigenvalue weighted by atomic mass is 35.5. The van der Waals surface area contributed by atoms with Gasteiger partial charge in [0.25, 0.3) is 5.69 Å². The second-order valence-electron chi connectivity index (χ2n) is 4.91. The molecule has 6 heteroatoms. The molecule has 2 rings (SSSR count). The Bertz CT molecular complexity index is 510. The van der Waals surface area contributed by atoms with Gasteiger partial charge in [0.2, 0.25) is 0 Å². The molecule has 0 aliphatic heterocycles. The number of hydrogen-bond donors (Lipinski definition) is 0.